The van der Waals surface area contributed by atoms with Gasteiger partial charge in [0.15, 0.2) is 5.11 Å². The Kier molecular flexibility index (Phi) is 6.56. The van der Waals surface area contributed by atoms with Crippen molar-refractivity contribution in [2.75, 3.05) is 0 Å². The fourth-order valence-corrected chi connectivity index (χ4v) is 2.80. The molecule has 0 saturated carbocycles. The molecule has 0 heterocycles. The molecule has 4 nitrogen and oxygen atoms in total. The Balaban J connectivity index is 3.45. The second-order valence-electron chi connectivity index (χ2n) is 6.33. The predicted molar refractivity (Wildman–Crippen MR) is 100 cm³/mol. The third kappa shape index (κ3) is 5.10. The van der Waals surface area contributed by atoms with Gasteiger partial charge in [0.05, 0.1) is 5.71 Å². The number of benzene rings is 1. The lowest BCUT2D eigenvalue weighted by atomic mass is 9.84. The van der Waals surface area contributed by atoms with Crippen molar-refractivity contribution in [3.8, 4) is 5.75 Å². The summed E-state index contributed by atoms with van der Waals surface area (Å²) in [5.74, 6) is 0.930. The van der Waals surface area contributed by atoms with Crippen LogP contribution in [-0.2, 0) is 5.41 Å². The van der Waals surface area contributed by atoms with Gasteiger partial charge in [0.2, 0.25) is 0 Å². The smallest absolute Gasteiger partial charge is 0.274 e. The molecule has 0 aliphatic carbocycles. The number of para-hydroxylation sites is 1. The van der Waals surface area contributed by atoms with Gasteiger partial charge in [-0.3, -0.25) is 5.43 Å². The van der Waals surface area contributed by atoms with Crippen LogP contribution < -0.4 is 15.6 Å². The fourth-order valence-electron chi connectivity index (χ4n) is 2.12. The van der Waals surface area contributed by atoms with Gasteiger partial charge in [0.25, 0.3) is 9.04 Å². The second kappa shape index (κ2) is 7.74. The molecule has 0 atom stereocenters. The fraction of sp³-hybridized carbons (Fsp3) is 0.500. The van der Waals surface area contributed by atoms with E-state index in [9.17, 15) is 0 Å². The van der Waals surface area contributed by atoms with Gasteiger partial charge in [-0.25, -0.2) is 0 Å². The normalized spacial score (nSPS) is 12.4. The van der Waals surface area contributed by atoms with E-state index in [0.29, 0.717) is 0 Å². The van der Waals surface area contributed by atoms with E-state index in [1.807, 2.05) is 12.1 Å². The molecule has 0 spiro atoms. The van der Waals surface area contributed by atoms with Crippen molar-refractivity contribution in [1.82, 2.24) is 5.43 Å². The average Bonchev–Trinajstić information content (AvgIpc) is 2.38. The highest BCUT2D eigenvalue weighted by Gasteiger charge is 2.23. The molecular formula is C16H26N3OSSi. The van der Waals surface area contributed by atoms with Crippen molar-refractivity contribution in [3.05, 3.63) is 29.3 Å². The molecule has 22 heavy (non-hydrogen) atoms. The van der Waals surface area contributed by atoms with Gasteiger partial charge in [-0.1, -0.05) is 39.8 Å². The van der Waals surface area contributed by atoms with E-state index in [2.05, 4.69) is 57.4 Å². The van der Waals surface area contributed by atoms with Crippen molar-refractivity contribution in [2.24, 2.45) is 10.8 Å². The third-order valence-corrected chi connectivity index (χ3v) is 3.78. The van der Waals surface area contributed by atoms with Crippen LogP contribution in [0, 0.1) is 0 Å². The van der Waals surface area contributed by atoms with E-state index in [4.69, 9.17) is 22.4 Å². The maximum Gasteiger partial charge on any atom is 0.274 e. The lowest BCUT2D eigenvalue weighted by Gasteiger charge is -2.26. The standard InChI is InChI=1S/C16H26N3OSSi/c1-7-13(18-19-15(17)21)11-9-8-10-12(16(2,3)4)14(11)20-22(5)6/h8-10H,7H2,1-6H3,(H3,17,19,21). The molecule has 0 bridgehead atoms. The third-order valence-electron chi connectivity index (χ3n) is 3.08. The average molecular weight is 337 g/mol. The SMILES string of the molecule is CCC(=NNC(N)=S)c1cccc(C(C)(C)C)c1O[Si](C)C. The Labute approximate surface area is 140 Å². The topological polar surface area (TPSA) is 59.6 Å². The van der Waals surface area contributed by atoms with Gasteiger partial charge in [-0.15, -0.1) is 0 Å². The Morgan fingerprint density at radius 2 is 2.00 bits per heavy atom. The lowest BCUT2D eigenvalue weighted by molar-refractivity contribution is 0.519. The number of nitrogens with two attached hydrogens (primary N) is 1. The first-order valence-electron chi connectivity index (χ1n) is 7.40. The molecule has 0 aliphatic heterocycles. The van der Waals surface area contributed by atoms with Gasteiger partial charge < -0.3 is 10.2 Å². The summed E-state index contributed by atoms with van der Waals surface area (Å²) in [5.41, 5.74) is 11.2. The van der Waals surface area contributed by atoms with Crippen LogP contribution in [0.25, 0.3) is 0 Å². The molecule has 0 aromatic heterocycles. The van der Waals surface area contributed by atoms with Crippen LogP contribution >= 0.6 is 12.2 Å². The Bertz CT molecular complexity index is 565. The minimum atomic E-state index is -0.888. The zero-order valence-corrected chi connectivity index (χ0v) is 16.1. The molecule has 1 rings (SSSR count). The van der Waals surface area contributed by atoms with E-state index in [0.717, 1.165) is 23.4 Å². The molecule has 0 amide bonds. The molecule has 1 aromatic carbocycles. The monoisotopic (exact) mass is 336 g/mol. The Hall–Kier alpha value is -1.40. The molecule has 6 heteroatoms. The Morgan fingerprint density at radius 1 is 1.36 bits per heavy atom. The second-order valence-corrected chi connectivity index (χ2v) is 8.79. The van der Waals surface area contributed by atoms with Crippen LogP contribution in [0.1, 0.15) is 45.2 Å². The molecule has 121 valence electrons. The van der Waals surface area contributed by atoms with Gasteiger partial charge in [0.1, 0.15) is 5.75 Å². The Morgan fingerprint density at radius 3 is 2.45 bits per heavy atom. The quantitative estimate of drug-likeness (QED) is 0.373. The number of hydrazone groups is 1. The van der Waals surface area contributed by atoms with Crippen molar-refractivity contribution < 1.29 is 4.43 Å². The molecule has 1 radical (unpaired) electrons. The molecule has 1 aromatic rings. The van der Waals surface area contributed by atoms with Crippen LogP contribution in [0.15, 0.2) is 23.3 Å². The number of rotatable bonds is 5. The minimum Gasteiger partial charge on any atom is -0.542 e. The minimum absolute atomic E-state index is 0.00188. The highest BCUT2D eigenvalue weighted by Crippen LogP contribution is 2.35. The van der Waals surface area contributed by atoms with Crippen LogP contribution in [0.2, 0.25) is 13.1 Å². The number of nitrogens with one attached hydrogen (secondary N) is 1. The number of hydrogen-bond donors (Lipinski definition) is 2. The van der Waals surface area contributed by atoms with Crippen LogP contribution in [-0.4, -0.2) is 19.9 Å². The van der Waals surface area contributed by atoms with Crippen LogP contribution in [0.4, 0.5) is 0 Å². The van der Waals surface area contributed by atoms with Crippen LogP contribution in [0.5, 0.6) is 5.75 Å². The lowest BCUT2D eigenvalue weighted by Crippen LogP contribution is -2.26. The van der Waals surface area contributed by atoms with E-state index in [-0.39, 0.29) is 10.5 Å². The summed E-state index contributed by atoms with van der Waals surface area (Å²) in [4.78, 5) is 0. The summed E-state index contributed by atoms with van der Waals surface area (Å²) >= 11 is 4.83. The van der Waals surface area contributed by atoms with Gasteiger partial charge in [-0.05, 0) is 48.8 Å². The molecule has 3 N–H and O–H groups in total. The van der Waals surface area contributed by atoms with Gasteiger partial charge in [0, 0.05) is 5.56 Å². The summed E-state index contributed by atoms with van der Waals surface area (Å²) < 4.78 is 6.22. The first-order valence-corrected chi connectivity index (χ1v) is 10.2. The summed E-state index contributed by atoms with van der Waals surface area (Å²) in [7, 11) is -0.888. The number of hydrogen-bond acceptors (Lipinski definition) is 3. The zero-order chi connectivity index (χ0) is 16.9. The molecular weight excluding hydrogens is 310 g/mol. The van der Waals surface area contributed by atoms with E-state index in [1.165, 1.54) is 5.56 Å². The van der Waals surface area contributed by atoms with Crippen molar-refractivity contribution >= 4 is 32.1 Å². The summed E-state index contributed by atoms with van der Waals surface area (Å²) in [6.07, 6.45) is 0.759. The summed E-state index contributed by atoms with van der Waals surface area (Å²) in [5, 5.41) is 4.50. The van der Waals surface area contributed by atoms with Gasteiger partial charge in [-0.2, -0.15) is 5.10 Å². The first kappa shape index (κ1) is 18.6. The zero-order valence-electron chi connectivity index (χ0n) is 14.3. The molecule has 0 unspecified atom stereocenters. The van der Waals surface area contributed by atoms with Gasteiger partial charge >= 0.3 is 0 Å². The van der Waals surface area contributed by atoms with E-state index >= 15 is 0 Å². The maximum atomic E-state index is 6.22. The van der Waals surface area contributed by atoms with E-state index in [1.54, 1.807) is 0 Å². The van der Waals surface area contributed by atoms with Crippen molar-refractivity contribution in [1.29, 1.82) is 0 Å². The molecule has 0 saturated heterocycles. The summed E-state index contributed by atoms with van der Waals surface area (Å²) in [6.45, 7) is 12.9. The predicted octanol–water partition coefficient (Wildman–Crippen LogP) is 3.56. The van der Waals surface area contributed by atoms with Crippen molar-refractivity contribution in [3.63, 3.8) is 0 Å². The largest absolute Gasteiger partial charge is 0.542 e. The van der Waals surface area contributed by atoms with Crippen molar-refractivity contribution in [2.45, 2.75) is 52.6 Å². The first-order chi connectivity index (χ1) is 10.2. The highest BCUT2D eigenvalue weighted by molar-refractivity contribution is 7.80. The maximum absolute atomic E-state index is 6.22. The highest BCUT2D eigenvalue weighted by atomic mass is 32.1. The van der Waals surface area contributed by atoms with E-state index < -0.39 is 9.04 Å². The number of nitrogens with zero attached hydrogens (tertiary/aromatic N) is 1. The molecule has 0 aliphatic rings. The number of thiocarbonyl (C=S) groups is 1. The summed E-state index contributed by atoms with van der Waals surface area (Å²) in [6, 6.07) is 6.21. The van der Waals surface area contributed by atoms with Crippen LogP contribution in [0.3, 0.4) is 0 Å². The molecule has 0 fully saturated rings.